The summed E-state index contributed by atoms with van der Waals surface area (Å²) in [6.07, 6.45) is 0. The fourth-order valence-electron chi connectivity index (χ4n) is 1.53. The summed E-state index contributed by atoms with van der Waals surface area (Å²) in [5.41, 5.74) is 6.46. The molecule has 0 aliphatic carbocycles. The molecule has 6 heteroatoms. The largest absolute Gasteiger partial charge is 0.491 e. The van der Waals surface area contributed by atoms with Crippen molar-refractivity contribution in [2.45, 2.75) is 13.8 Å². The van der Waals surface area contributed by atoms with Crippen LogP contribution in [0.3, 0.4) is 0 Å². The first-order valence-corrected chi connectivity index (χ1v) is 7.18. The quantitative estimate of drug-likeness (QED) is 0.887. The van der Waals surface area contributed by atoms with E-state index in [1.165, 1.54) is 11.3 Å². The molecule has 2 rings (SSSR count). The summed E-state index contributed by atoms with van der Waals surface area (Å²) < 4.78 is 5.68. The second-order valence-corrected chi connectivity index (χ2v) is 5.62. The second-order valence-electron chi connectivity index (χ2n) is 4.73. The zero-order valence-corrected chi connectivity index (χ0v) is 12.2. The highest BCUT2D eigenvalue weighted by atomic mass is 32.1. The van der Waals surface area contributed by atoms with E-state index in [0.29, 0.717) is 34.8 Å². The van der Waals surface area contributed by atoms with Crippen LogP contribution in [0.4, 0.5) is 10.8 Å². The maximum Gasteiger partial charge on any atom is 0.275 e. The van der Waals surface area contributed by atoms with Gasteiger partial charge in [-0.15, -0.1) is 11.3 Å². The van der Waals surface area contributed by atoms with E-state index in [2.05, 4.69) is 24.1 Å². The molecule has 0 aliphatic rings. The summed E-state index contributed by atoms with van der Waals surface area (Å²) in [7, 11) is 0. The van der Waals surface area contributed by atoms with Crippen LogP contribution in [0.25, 0.3) is 0 Å². The highest BCUT2D eigenvalue weighted by molar-refractivity contribution is 7.13. The molecule has 0 fully saturated rings. The third-order valence-corrected chi connectivity index (χ3v) is 3.14. The van der Waals surface area contributed by atoms with Gasteiger partial charge in [-0.2, -0.15) is 0 Å². The molecule has 0 atom stereocenters. The summed E-state index contributed by atoms with van der Waals surface area (Å²) in [5, 5.41) is 4.79. The van der Waals surface area contributed by atoms with Crippen molar-refractivity contribution in [3.63, 3.8) is 0 Å². The van der Waals surface area contributed by atoms with Crippen LogP contribution in [-0.2, 0) is 0 Å². The summed E-state index contributed by atoms with van der Waals surface area (Å²) in [5.74, 6) is 0.772. The van der Waals surface area contributed by atoms with Gasteiger partial charge in [-0.25, -0.2) is 4.98 Å². The minimum Gasteiger partial charge on any atom is -0.491 e. The van der Waals surface area contributed by atoms with Crippen LogP contribution in [0, 0.1) is 5.92 Å². The van der Waals surface area contributed by atoms with E-state index in [4.69, 9.17) is 10.5 Å². The van der Waals surface area contributed by atoms with Gasteiger partial charge in [0.1, 0.15) is 11.4 Å². The van der Waals surface area contributed by atoms with Gasteiger partial charge in [0.15, 0.2) is 5.13 Å². The van der Waals surface area contributed by atoms with Crippen LogP contribution in [-0.4, -0.2) is 17.5 Å². The van der Waals surface area contributed by atoms with Crippen LogP contribution in [0.2, 0.25) is 0 Å². The van der Waals surface area contributed by atoms with Gasteiger partial charge < -0.3 is 15.8 Å². The Kier molecular flexibility index (Phi) is 4.57. The maximum atomic E-state index is 12.0. The number of amides is 1. The molecular formula is C14H17N3O2S. The lowest BCUT2D eigenvalue weighted by atomic mass is 10.2. The smallest absolute Gasteiger partial charge is 0.275 e. The van der Waals surface area contributed by atoms with Gasteiger partial charge >= 0.3 is 0 Å². The number of carbonyl (C=O) groups excluding carboxylic acids is 1. The van der Waals surface area contributed by atoms with Crippen molar-refractivity contribution in [2.24, 2.45) is 5.92 Å². The van der Waals surface area contributed by atoms with Gasteiger partial charge in [-0.3, -0.25) is 4.79 Å². The van der Waals surface area contributed by atoms with Crippen molar-refractivity contribution in [3.8, 4) is 5.75 Å². The number of ether oxygens (including phenoxy) is 1. The Morgan fingerprint density at radius 2 is 2.20 bits per heavy atom. The first kappa shape index (κ1) is 14.3. The molecular weight excluding hydrogens is 274 g/mol. The van der Waals surface area contributed by atoms with E-state index in [9.17, 15) is 4.79 Å². The fraction of sp³-hybridized carbons (Fsp3) is 0.286. The number of rotatable bonds is 5. The summed E-state index contributed by atoms with van der Waals surface area (Å²) in [6.45, 7) is 4.73. The van der Waals surface area contributed by atoms with Crippen LogP contribution < -0.4 is 15.8 Å². The number of hydrogen-bond donors (Lipinski definition) is 2. The Bertz CT molecular complexity index is 596. The number of nitrogen functional groups attached to an aromatic ring is 1. The molecule has 20 heavy (non-hydrogen) atoms. The van der Waals surface area contributed by atoms with Gasteiger partial charge in [0, 0.05) is 5.38 Å². The van der Waals surface area contributed by atoms with E-state index in [1.54, 1.807) is 11.4 Å². The Labute approximate surface area is 121 Å². The number of nitrogens with one attached hydrogen (secondary N) is 1. The molecule has 0 unspecified atom stereocenters. The zero-order valence-electron chi connectivity index (χ0n) is 11.4. The van der Waals surface area contributed by atoms with E-state index >= 15 is 0 Å². The summed E-state index contributed by atoms with van der Waals surface area (Å²) in [4.78, 5) is 16.0. The molecule has 2 aromatic rings. The lowest BCUT2D eigenvalue weighted by Gasteiger charge is -2.13. The highest BCUT2D eigenvalue weighted by Crippen LogP contribution is 2.25. The number of benzene rings is 1. The van der Waals surface area contributed by atoms with Gasteiger partial charge in [0.05, 0.1) is 12.3 Å². The number of nitrogens with zero attached hydrogens (tertiary/aromatic N) is 1. The molecule has 1 amide bonds. The van der Waals surface area contributed by atoms with Gasteiger partial charge in [0.25, 0.3) is 5.91 Å². The second kappa shape index (κ2) is 6.38. The number of para-hydroxylation sites is 2. The normalized spacial score (nSPS) is 10.6. The molecule has 0 spiro atoms. The topological polar surface area (TPSA) is 77.2 Å². The zero-order chi connectivity index (χ0) is 14.5. The van der Waals surface area contributed by atoms with Gasteiger partial charge in [-0.1, -0.05) is 26.0 Å². The predicted molar refractivity (Wildman–Crippen MR) is 81.3 cm³/mol. The average Bonchev–Trinajstić information content (AvgIpc) is 2.84. The fourth-order valence-corrected chi connectivity index (χ4v) is 2.07. The van der Waals surface area contributed by atoms with Crippen LogP contribution >= 0.6 is 11.3 Å². The molecule has 1 aromatic carbocycles. The molecule has 0 saturated heterocycles. The molecule has 1 heterocycles. The number of hydrogen-bond acceptors (Lipinski definition) is 5. The van der Waals surface area contributed by atoms with Crippen molar-refractivity contribution in [1.29, 1.82) is 0 Å². The van der Waals surface area contributed by atoms with Crippen molar-refractivity contribution < 1.29 is 9.53 Å². The highest BCUT2D eigenvalue weighted by Gasteiger charge is 2.12. The summed E-state index contributed by atoms with van der Waals surface area (Å²) in [6, 6.07) is 7.33. The number of carbonyl (C=O) groups is 1. The Morgan fingerprint density at radius 3 is 2.85 bits per heavy atom. The summed E-state index contributed by atoms with van der Waals surface area (Å²) >= 11 is 1.24. The number of nitrogens with two attached hydrogens (primary N) is 1. The molecule has 0 bridgehead atoms. The predicted octanol–water partition coefficient (Wildman–Crippen LogP) is 3.01. The minimum absolute atomic E-state index is 0.293. The molecule has 5 nitrogen and oxygen atoms in total. The Hall–Kier alpha value is -2.08. The average molecular weight is 291 g/mol. The van der Waals surface area contributed by atoms with Crippen molar-refractivity contribution >= 4 is 28.1 Å². The van der Waals surface area contributed by atoms with Crippen molar-refractivity contribution in [3.05, 3.63) is 35.3 Å². The van der Waals surface area contributed by atoms with Crippen molar-refractivity contribution in [1.82, 2.24) is 4.98 Å². The van der Waals surface area contributed by atoms with Gasteiger partial charge in [0.2, 0.25) is 0 Å². The molecule has 3 N–H and O–H groups in total. The van der Waals surface area contributed by atoms with Gasteiger partial charge in [-0.05, 0) is 18.1 Å². The molecule has 0 aliphatic heterocycles. The first-order chi connectivity index (χ1) is 9.56. The third kappa shape index (κ3) is 3.71. The molecule has 106 valence electrons. The Balaban J connectivity index is 2.10. The van der Waals surface area contributed by atoms with Crippen LogP contribution in [0.5, 0.6) is 5.75 Å². The first-order valence-electron chi connectivity index (χ1n) is 6.30. The number of aromatic nitrogens is 1. The maximum absolute atomic E-state index is 12.0. The molecule has 0 radical (unpaired) electrons. The number of anilines is 2. The van der Waals surface area contributed by atoms with Crippen molar-refractivity contribution in [2.75, 3.05) is 17.7 Å². The lowest BCUT2D eigenvalue weighted by Crippen LogP contribution is -2.14. The third-order valence-electron chi connectivity index (χ3n) is 2.46. The van der Waals surface area contributed by atoms with E-state index in [-0.39, 0.29) is 5.91 Å². The lowest BCUT2D eigenvalue weighted by molar-refractivity contribution is 0.102. The Morgan fingerprint density at radius 1 is 1.45 bits per heavy atom. The minimum atomic E-state index is -0.293. The monoisotopic (exact) mass is 291 g/mol. The standard InChI is InChI=1S/C14H17N3O2S/c1-9(2)7-19-12-6-4-3-5-10(12)16-13(18)11-8-20-14(15)17-11/h3-6,8-9H,7H2,1-2H3,(H2,15,17)(H,16,18). The SMILES string of the molecule is CC(C)COc1ccccc1NC(=O)c1csc(N)n1. The van der Waals surface area contributed by atoms with Crippen LogP contribution in [0.15, 0.2) is 29.6 Å². The van der Waals surface area contributed by atoms with Crippen LogP contribution in [0.1, 0.15) is 24.3 Å². The number of thiazole rings is 1. The molecule has 1 aromatic heterocycles. The van der Waals surface area contributed by atoms with E-state index < -0.39 is 0 Å². The van der Waals surface area contributed by atoms with E-state index in [0.717, 1.165) is 0 Å². The van der Waals surface area contributed by atoms with E-state index in [1.807, 2.05) is 18.2 Å². The molecule has 0 saturated carbocycles.